The Hall–Kier alpha value is -3.34. The predicted molar refractivity (Wildman–Crippen MR) is 109 cm³/mol. The van der Waals surface area contributed by atoms with Crippen LogP contribution in [0.2, 0.25) is 0 Å². The summed E-state index contributed by atoms with van der Waals surface area (Å²) < 4.78 is 11.4. The summed E-state index contributed by atoms with van der Waals surface area (Å²) in [7, 11) is 0. The fourth-order valence-corrected chi connectivity index (χ4v) is 3.09. The first-order chi connectivity index (χ1) is 14.2. The van der Waals surface area contributed by atoms with E-state index in [1.807, 2.05) is 60.7 Å². The van der Waals surface area contributed by atoms with Gasteiger partial charge in [0, 0.05) is 23.6 Å². The van der Waals surface area contributed by atoms with Crippen LogP contribution in [0.25, 0.3) is 11.3 Å². The molecule has 5 heteroatoms. The Balaban J connectivity index is 1.37. The molecule has 0 unspecified atom stereocenters. The van der Waals surface area contributed by atoms with Crippen LogP contribution in [0, 0.1) is 0 Å². The van der Waals surface area contributed by atoms with E-state index in [0.29, 0.717) is 17.7 Å². The molecule has 1 heterocycles. The largest absolute Gasteiger partial charge is 0.461 e. The Bertz CT molecular complexity index is 961. The molecule has 4 rings (SSSR count). The molecule has 0 spiro atoms. The maximum Gasteiger partial charge on any atom is 0.307 e. The van der Waals surface area contributed by atoms with Gasteiger partial charge >= 0.3 is 5.97 Å². The highest BCUT2D eigenvalue weighted by Gasteiger charge is 2.30. The lowest BCUT2D eigenvalue weighted by Crippen LogP contribution is -2.33. The van der Waals surface area contributed by atoms with Crippen molar-refractivity contribution in [3.8, 4) is 11.3 Å². The first-order valence-corrected chi connectivity index (χ1v) is 9.88. The topological polar surface area (TPSA) is 68.5 Å². The maximum atomic E-state index is 12.6. The number of carbonyl (C=O) groups is 2. The molecule has 1 atom stereocenters. The molecule has 148 valence electrons. The lowest BCUT2D eigenvalue weighted by Gasteiger charge is -2.18. The van der Waals surface area contributed by atoms with Gasteiger partial charge in [0.1, 0.15) is 11.5 Å². The summed E-state index contributed by atoms with van der Waals surface area (Å²) in [4.78, 5) is 25.0. The molecule has 0 radical (unpaired) electrons. The van der Waals surface area contributed by atoms with E-state index in [9.17, 15) is 9.59 Å². The van der Waals surface area contributed by atoms with Crippen molar-refractivity contribution in [2.24, 2.45) is 0 Å². The molecule has 1 aliphatic carbocycles. The van der Waals surface area contributed by atoms with E-state index in [0.717, 1.165) is 24.2 Å². The summed E-state index contributed by atoms with van der Waals surface area (Å²) in [6.07, 6.45) is 1.58. The Labute approximate surface area is 169 Å². The van der Waals surface area contributed by atoms with E-state index >= 15 is 0 Å². The van der Waals surface area contributed by atoms with Gasteiger partial charge in [-0.25, -0.2) is 0 Å². The van der Waals surface area contributed by atoms with Crippen molar-refractivity contribution in [1.29, 1.82) is 0 Å². The molecule has 29 heavy (non-hydrogen) atoms. The van der Waals surface area contributed by atoms with Crippen LogP contribution in [0.15, 0.2) is 77.2 Å². The fraction of sp³-hybridized carbons (Fsp3) is 0.250. The number of furan rings is 1. The van der Waals surface area contributed by atoms with E-state index in [2.05, 4.69) is 5.32 Å². The van der Waals surface area contributed by atoms with E-state index < -0.39 is 12.1 Å². The number of aryl methyl sites for hydroxylation is 1. The summed E-state index contributed by atoms with van der Waals surface area (Å²) in [5.74, 6) is 0.776. The molecule has 1 aromatic heterocycles. The average molecular weight is 389 g/mol. The number of rotatable bonds is 8. The van der Waals surface area contributed by atoms with Crippen LogP contribution in [0.1, 0.15) is 36.7 Å². The summed E-state index contributed by atoms with van der Waals surface area (Å²) in [6.45, 7) is 0. The van der Waals surface area contributed by atoms with Crippen molar-refractivity contribution in [3.63, 3.8) is 0 Å². The highest BCUT2D eigenvalue weighted by molar-refractivity contribution is 5.85. The lowest BCUT2D eigenvalue weighted by atomic mass is 10.1. The van der Waals surface area contributed by atoms with Gasteiger partial charge in [-0.2, -0.15) is 0 Å². The van der Waals surface area contributed by atoms with Gasteiger partial charge in [-0.15, -0.1) is 0 Å². The van der Waals surface area contributed by atoms with Crippen LogP contribution in [0.3, 0.4) is 0 Å². The summed E-state index contributed by atoms with van der Waals surface area (Å²) in [5, 5.41) is 2.92. The van der Waals surface area contributed by atoms with E-state index in [1.54, 1.807) is 12.1 Å². The van der Waals surface area contributed by atoms with Crippen LogP contribution in [-0.2, 0) is 20.7 Å². The van der Waals surface area contributed by atoms with Crippen molar-refractivity contribution < 1.29 is 18.7 Å². The van der Waals surface area contributed by atoms with Crippen molar-refractivity contribution in [2.75, 3.05) is 0 Å². The van der Waals surface area contributed by atoms with Crippen molar-refractivity contribution in [3.05, 3.63) is 84.1 Å². The smallest absolute Gasteiger partial charge is 0.307 e. The Morgan fingerprint density at radius 1 is 0.966 bits per heavy atom. The highest BCUT2D eigenvalue weighted by Crippen LogP contribution is 2.25. The summed E-state index contributed by atoms with van der Waals surface area (Å²) in [6, 6.07) is 22.9. The number of esters is 1. The normalized spacial score (nSPS) is 14.2. The third-order valence-electron chi connectivity index (χ3n) is 4.81. The zero-order valence-corrected chi connectivity index (χ0v) is 16.0. The molecular formula is C24H23NO4. The van der Waals surface area contributed by atoms with Gasteiger partial charge in [-0.1, -0.05) is 60.7 Å². The van der Waals surface area contributed by atoms with E-state index in [-0.39, 0.29) is 18.4 Å². The molecule has 1 fully saturated rings. The quantitative estimate of drug-likeness (QED) is 0.578. The molecule has 1 amide bonds. The number of benzene rings is 2. The third-order valence-corrected chi connectivity index (χ3v) is 4.81. The SMILES string of the molecule is O=C(CCc1ccc(-c2ccccc2)o1)O[C@@H](C(=O)NC1CC1)c1ccccc1. The minimum Gasteiger partial charge on any atom is -0.461 e. The second-order valence-electron chi connectivity index (χ2n) is 7.20. The predicted octanol–water partition coefficient (Wildman–Crippen LogP) is 4.44. The fourth-order valence-electron chi connectivity index (χ4n) is 3.09. The number of carbonyl (C=O) groups excluding carboxylic acids is 2. The molecule has 0 saturated heterocycles. The zero-order chi connectivity index (χ0) is 20.1. The third kappa shape index (κ3) is 5.13. The van der Waals surface area contributed by atoms with Gasteiger partial charge in [0.15, 0.2) is 0 Å². The number of ether oxygens (including phenoxy) is 1. The Morgan fingerprint density at radius 3 is 2.34 bits per heavy atom. The maximum absolute atomic E-state index is 12.6. The standard InChI is InChI=1S/C24H23NO4/c26-22(16-14-20-13-15-21(28-20)17-7-3-1-4-8-17)29-23(18-9-5-2-6-10-18)24(27)25-19-11-12-19/h1-10,13,15,19,23H,11-12,14,16H2,(H,25,27)/t23-/m1/s1. The van der Waals surface area contributed by atoms with Crippen LogP contribution in [-0.4, -0.2) is 17.9 Å². The molecule has 1 aliphatic rings. The van der Waals surface area contributed by atoms with Crippen LogP contribution >= 0.6 is 0 Å². The first-order valence-electron chi connectivity index (χ1n) is 9.88. The van der Waals surface area contributed by atoms with E-state index in [4.69, 9.17) is 9.15 Å². The number of nitrogens with one attached hydrogen (secondary N) is 1. The van der Waals surface area contributed by atoms with Crippen LogP contribution in [0.5, 0.6) is 0 Å². The van der Waals surface area contributed by atoms with Crippen LogP contribution in [0.4, 0.5) is 0 Å². The average Bonchev–Trinajstić information content (AvgIpc) is 3.44. The molecule has 0 bridgehead atoms. The van der Waals surface area contributed by atoms with Gasteiger partial charge in [-0.05, 0) is 25.0 Å². The van der Waals surface area contributed by atoms with Gasteiger partial charge in [0.2, 0.25) is 6.10 Å². The molecule has 5 nitrogen and oxygen atoms in total. The number of hydrogen-bond donors (Lipinski definition) is 1. The van der Waals surface area contributed by atoms with Gasteiger partial charge in [0.25, 0.3) is 5.91 Å². The molecule has 2 aromatic carbocycles. The minimum absolute atomic E-state index is 0.141. The Morgan fingerprint density at radius 2 is 1.66 bits per heavy atom. The van der Waals surface area contributed by atoms with E-state index in [1.165, 1.54) is 0 Å². The summed E-state index contributed by atoms with van der Waals surface area (Å²) >= 11 is 0. The molecule has 0 aliphatic heterocycles. The first kappa shape index (κ1) is 19.0. The number of amides is 1. The lowest BCUT2D eigenvalue weighted by molar-refractivity contribution is -0.156. The van der Waals surface area contributed by atoms with Gasteiger partial charge in [0.05, 0.1) is 6.42 Å². The monoisotopic (exact) mass is 389 g/mol. The van der Waals surface area contributed by atoms with Gasteiger partial charge in [-0.3, -0.25) is 9.59 Å². The van der Waals surface area contributed by atoms with Crippen molar-refractivity contribution in [2.45, 2.75) is 37.8 Å². The molecule has 1 N–H and O–H groups in total. The second kappa shape index (κ2) is 8.78. The van der Waals surface area contributed by atoms with Gasteiger partial charge < -0.3 is 14.5 Å². The van der Waals surface area contributed by atoms with Crippen molar-refractivity contribution >= 4 is 11.9 Å². The Kier molecular flexibility index (Phi) is 5.75. The van der Waals surface area contributed by atoms with Crippen LogP contribution < -0.4 is 5.32 Å². The van der Waals surface area contributed by atoms with Crippen molar-refractivity contribution in [1.82, 2.24) is 5.32 Å². The number of hydrogen-bond acceptors (Lipinski definition) is 4. The molecule has 3 aromatic rings. The zero-order valence-electron chi connectivity index (χ0n) is 16.0. The minimum atomic E-state index is -0.930. The summed E-state index contributed by atoms with van der Waals surface area (Å²) in [5.41, 5.74) is 1.66. The highest BCUT2D eigenvalue weighted by atomic mass is 16.5. The molecule has 1 saturated carbocycles. The second-order valence-corrected chi connectivity index (χ2v) is 7.20. The molecular weight excluding hydrogens is 366 g/mol.